The minimum Gasteiger partial charge on any atom is -0.507 e. The van der Waals surface area contributed by atoms with Crippen molar-refractivity contribution in [3.8, 4) is 11.5 Å². The second-order valence-corrected chi connectivity index (χ2v) is 4.57. The number of hydrogen-bond donors (Lipinski definition) is 3. The largest absolute Gasteiger partial charge is 0.507 e. The standard InChI is InChI=1S/C13H21NO2/c1-9(2)7-8-14-10(3)13-11(15)5-4-6-12(13)16/h4-6,9-10,14-16H,7-8H2,1-3H3. The van der Waals surface area contributed by atoms with Gasteiger partial charge in [0.15, 0.2) is 0 Å². The molecule has 3 N–H and O–H groups in total. The maximum Gasteiger partial charge on any atom is 0.124 e. The van der Waals surface area contributed by atoms with Gasteiger partial charge in [0.1, 0.15) is 11.5 Å². The zero-order valence-electron chi connectivity index (χ0n) is 10.2. The van der Waals surface area contributed by atoms with E-state index in [-0.39, 0.29) is 17.5 Å². The van der Waals surface area contributed by atoms with Crippen molar-refractivity contribution in [3.63, 3.8) is 0 Å². The molecule has 0 heterocycles. The molecule has 3 nitrogen and oxygen atoms in total. The Kier molecular flexibility index (Phi) is 4.62. The van der Waals surface area contributed by atoms with Gasteiger partial charge in [-0.05, 0) is 37.9 Å². The van der Waals surface area contributed by atoms with Crippen molar-refractivity contribution < 1.29 is 10.2 Å². The van der Waals surface area contributed by atoms with E-state index in [1.54, 1.807) is 18.2 Å². The molecule has 0 saturated heterocycles. The first-order valence-electron chi connectivity index (χ1n) is 5.76. The number of phenolic OH excluding ortho intramolecular Hbond substituents is 2. The smallest absolute Gasteiger partial charge is 0.124 e. The summed E-state index contributed by atoms with van der Waals surface area (Å²) in [5.74, 6) is 0.937. The topological polar surface area (TPSA) is 52.5 Å². The number of hydrogen-bond acceptors (Lipinski definition) is 3. The fourth-order valence-electron chi connectivity index (χ4n) is 1.68. The molecule has 3 heteroatoms. The Morgan fingerprint density at radius 1 is 1.12 bits per heavy atom. The summed E-state index contributed by atoms with van der Waals surface area (Å²) in [6.45, 7) is 7.16. The van der Waals surface area contributed by atoms with Crippen LogP contribution in [0.15, 0.2) is 18.2 Å². The van der Waals surface area contributed by atoms with E-state index in [0.717, 1.165) is 13.0 Å². The van der Waals surface area contributed by atoms with Crippen molar-refractivity contribution >= 4 is 0 Å². The first kappa shape index (κ1) is 12.8. The lowest BCUT2D eigenvalue weighted by Gasteiger charge is -2.17. The molecule has 0 bridgehead atoms. The molecule has 0 aromatic heterocycles. The fraction of sp³-hybridized carbons (Fsp3) is 0.538. The lowest BCUT2D eigenvalue weighted by atomic mass is 10.1. The maximum atomic E-state index is 9.67. The first-order valence-corrected chi connectivity index (χ1v) is 5.76. The van der Waals surface area contributed by atoms with E-state index in [1.807, 2.05) is 6.92 Å². The van der Waals surface area contributed by atoms with Gasteiger partial charge in [-0.3, -0.25) is 0 Å². The minimum absolute atomic E-state index is 0.0417. The highest BCUT2D eigenvalue weighted by molar-refractivity contribution is 5.44. The van der Waals surface area contributed by atoms with Crippen LogP contribution in [0, 0.1) is 5.92 Å². The van der Waals surface area contributed by atoms with Gasteiger partial charge in [0.2, 0.25) is 0 Å². The lowest BCUT2D eigenvalue weighted by molar-refractivity contribution is 0.414. The number of phenols is 2. The average Bonchev–Trinajstić information content (AvgIpc) is 2.16. The predicted octanol–water partition coefficient (Wildman–Crippen LogP) is 2.79. The summed E-state index contributed by atoms with van der Waals surface area (Å²) in [6, 6.07) is 4.78. The Bertz CT molecular complexity index is 316. The Morgan fingerprint density at radius 2 is 1.69 bits per heavy atom. The van der Waals surface area contributed by atoms with Crippen molar-refractivity contribution in [1.82, 2.24) is 5.32 Å². The van der Waals surface area contributed by atoms with Crippen LogP contribution in [0.3, 0.4) is 0 Å². The molecular weight excluding hydrogens is 202 g/mol. The molecule has 1 atom stereocenters. The second kappa shape index (κ2) is 5.75. The highest BCUT2D eigenvalue weighted by atomic mass is 16.3. The molecular formula is C13H21NO2. The predicted molar refractivity (Wildman–Crippen MR) is 65.6 cm³/mol. The van der Waals surface area contributed by atoms with Gasteiger partial charge >= 0.3 is 0 Å². The summed E-state index contributed by atoms with van der Waals surface area (Å²) in [6.07, 6.45) is 1.08. The summed E-state index contributed by atoms with van der Waals surface area (Å²) in [5, 5.41) is 22.6. The minimum atomic E-state index is -0.0417. The summed E-state index contributed by atoms with van der Waals surface area (Å²) in [7, 11) is 0. The highest BCUT2D eigenvalue weighted by Gasteiger charge is 2.14. The van der Waals surface area contributed by atoms with Crippen molar-refractivity contribution in [1.29, 1.82) is 0 Å². The monoisotopic (exact) mass is 223 g/mol. The zero-order valence-corrected chi connectivity index (χ0v) is 10.2. The summed E-state index contributed by atoms with van der Waals surface area (Å²) in [5.41, 5.74) is 0.575. The molecule has 1 rings (SSSR count). The Balaban J connectivity index is 2.62. The molecule has 1 aromatic carbocycles. The molecule has 0 aliphatic heterocycles. The van der Waals surface area contributed by atoms with Gasteiger partial charge in [0.25, 0.3) is 0 Å². The van der Waals surface area contributed by atoms with Crippen LogP contribution in [0.1, 0.15) is 38.8 Å². The van der Waals surface area contributed by atoms with Gasteiger partial charge in [-0.2, -0.15) is 0 Å². The van der Waals surface area contributed by atoms with Crippen LogP contribution in [0.5, 0.6) is 11.5 Å². The quantitative estimate of drug-likeness (QED) is 0.719. The van der Waals surface area contributed by atoms with Gasteiger partial charge < -0.3 is 15.5 Å². The number of rotatable bonds is 5. The molecule has 16 heavy (non-hydrogen) atoms. The molecule has 90 valence electrons. The van der Waals surface area contributed by atoms with Gasteiger partial charge in [0, 0.05) is 6.04 Å². The van der Waals surface area contributed by atoms with Crippen molar-refractivity contribution in [2.24, 2.45) is 5.92 Å². The van der Waals surface area contributed by atoms with Gasteiger partial charge in [-0.15, -0.1) is 0 Å². The van der Waals surface area contributed by atoms with Crippen LogP contribution in [0.25, 0.3) is 0 Å². The Morgan fingerprint density at radius 3 is 2.19 bits per heavy atom. The van der Waals surface area contributed by atoms with Crippen LogP contribution >= 0.6 is 0 Å². The Hall–Kier alpha value is -1.22. The van der Waals surface area contributed by atoms with Gasteiger partial charge in [0.05, 0.1) is 5.56 Å². The number of benzene rings is 1. The van der Waals surface area contributed by atoms with E-state index in [9.17, 15) is 10.2 Å². The van der Waals surface area contributed by atoms with Crippen LogP contribution < -0.4 is 5.32 Å². The van der Waals surface area contributed by atoms with Crippen molar-refractivity contribution in [3.05, 3.63) is 23.8 Å². The SMILES string of the molecule is CC(C)CCNC(C)c1c(O)cccc1O. The molecule has 0 radical (unpaired) electrons. The lowest BCUT2D eigenvalue weighted by Crippen LogP contribution is -2.21. The molecule has 0 spiro atoms. The molecule has 1 unspecified atom stereocenters. The number of nitrogens with one attached hydrogen (secondary N) is 1. The van der Waals surface area contributed by atoms with E-state index < -0.39 is 0 Å². The van der Waals surface area contributed by atoms with Crippen LogP contribution in [-0.4, -0.2) is 16.8 Å². The third-order valence-electron chi connectivity index (χ3n) is 2.67. The summed E-state index contributed by atoms with van der Waals surface area (Å²) in [4.78, 5) is 0. The van der Waals surface area contributed by atoms with Crippen LogP contribution in [0.4, 0.5) is 0 Å². The zero-order chi connectivity index (χ0) is 12.1. The molecule has 0 aliphatic rings. The van der Waals surface area contributed by atoms with Crippen LogP contribution in [0.2, 0.25) is 0 Å². The van der Waals surface area contributed by atoms with Crippen LogP contribution in [-0.2, 0) is 0 Å². The van der Waals surface area contributed by atoms with E-state index in [0.29, 0.717) is 11.5 Å². The average molecular weight is 223 g/mol. The number of aromatic hydroxyl groups is 2. The van der Waals surface area contributed by atoms with E-state index in [4.69, 9.17) is 0 Å². The van der Waals surface area contributed by atoms with Gasteiger partial charge in [-0.25, -0.2) is 0 Å². The van der Waals surface area contributed by atoms with E-state index >= 15 is 0 Å². The second-order valence-electron chi connectivity index (χ2n) is 4.57. The summed E-state index contributed by atoms with van der Waals surface area (Å²) < 4.78 is 0. The summed E-state index contributed by atoms with van der Waals surface area (Å²) >= 11 is 0. The Labute approximate surface area is 97.1 Å². The van der Waals surface area contributed by atoms with E-state index in [2.05, 4.69) is 19.2 Å². The normalized spacial score (nSPS) is 13.0. The van der Waals surface area contributed by atoms with Gasteiger partial charge in [-0.1, -0.05) is 19.9 Å². The highest BCUT2D eigenvalue weighted by Crippen LogP contribution is 2.31. The third kappa shape index (κ3) is 3.42. The third-order valence-corrected chi connectivity index (χ3v) is 2.67. The van der Waals surface area contributed by atoms with E-state index in [1.165, 1.54) is 0 Å². The molecule has 0 aliphatic carbocycles. The fourth-order valence-corrected chi connectivity index (χ4v) is 1.68. The maximum absolute atomic E-state index is 9.67. The molecule has 0 saturated carbocycles. The van der Waals surface area contributed by atoms with Crippen molar-refractivity contribution in [2.75, 3.05) is 6.54 Å². The van der Waals surface area contributed by atoms with Crippen molar-refractivity contribution in [2.45, 2.75) is 33.2 Å². The first-order chi connectivity index (χ1) is 7.52. The molecule has 0 amide bonds. The molecule has 1 aromatic rings. The molecule has 0 fully saturated rings.